The minimum Gasteiger partial charge on any atom is -0.314 e. The van der Waals surface area contributed by atoms with Crippen molar-refractivity contribution in [2.45, 2.75) is 18.2 Å². The summed E-state index contributed by atoms with van der Waals surface area (Å²) in [6, 6.07) is 3.97. The minimum absolute atomic E-state index is 0. The molecule has 0 aromatic heterocycles. The van der Waals surface area contributed by atoms with Crippen LogP contribution in [0, 0.1) is 12.7 Å². The molecule has 0 bridgehead atoms. The largest absolute Gasteiger partial charge is 0.314 e. The van der Waals surface area contributed by atoms with Gasteiger partial charge in [0.15, 0.2) is 0 Å². The highest BCUT2D eigenvalue weighted by atomic mass is 35.5. The smallest absolute Gasteiger partial charge is 0.240 e. The maximum atomic E-state index is 13.4. The SMILES string of the molecule is Cc1ccc(S(=O)(=O)NCCCN2CCNCC2)cc1F.Cl.Cl. The van der Waals surface area contributed by atoms with Gasteiger partial charge in [0.2, 0.25) is 10.0 Å². The van der Waals surface area contributed by atoms with Crippen molar-refractivity contribution < 1.29 is 12.8 Å². The van der Waals surface area contributed by atoms with Crippen LogP contribution in [0.3, 0.4) is 0 Å². The quantitative estimate of drug-likeness (QED) is 0.726. The molecule has 1 aliphatic rings. The fraction of sp³-hybridized carbons (Fsp3) is 0.571. The first-order valence-corrected chi connectivity index (χ1v) is 8.66. The van der Waals surface area contributed by atoms with Gasteiger partial charge in [-0.1, -0.05) is 6.07 Å². The summed E-state index contributed by atoms with van der Waals surface area (Å²) in [5, 5.41) is 3.27. The van der Waals surface area contributed by atoms with E-state index in [-0.39, 0.29) is 29.7 Å². The van der Waals surface area contributed by atoms with Crippen molar-refractivity contribution in [2.75, 3.05) is 39.3 Å². The number of nitrogens with one attached hydrogen (secondary N) is 2. The summed E-state index contributed by atoms with van der Waals surface area (Å²) in [5.41, 5.74) is 0.438. The molecule has 134 valence electrons. The monoisotopic (exact) mass is 387 g/mol. The number of aryl methyl sites for hydroxylation is 1. The molecule has 1 aliphatic heterocycles. The lowest BCUT2D eigenvalue weighted by molar-refractivity contribution is 0.239. The molecule has 2 N–H and O–H groups in total. The summed E-state index contributed by atoms with van der Waals surface area (Å²) >= 11 is 0. The van der Waals surface area contributed by atoms with Gasteiger partial charge >= 0.3 is 0 Å². The minimum atomic E-state index is -3.62. The van der Waals surface area contributed by atoms with E-state index < -0.39 is 15.8 Å². The van der Waals surface area contributed by atoms with E-state index in [0.717, 1.165) is 45.2 Å². The summed E-state index contributed by atoms with van der Waals surface area (Å²) in [7, 11) is -3.62. The molecule has 0 saturated carbocycles. The maximum absolute atomic E-state index is 13.4. The van der Waals surface area contributed by atoms with E-state index in [4.69, 9.17) is 0 Å². The van der Waals surface area contributed by atoms with Crippen LogP contribution in [-0.4, -0.2) is 52.6 Å². The first-order valence-electron chi connectivity index (χ1n) is 7.18. The van der Waals surface area contributed by atoms with Crippen LogP contribution >= 0.6 is 24.8 Å². The van der Waals surface area contributed by atoms with Gasteiger partial charge in [0, 0.05) is 32.7 Å². The van der Waals surface area contributed by atoms with E-state index in [2.05, 4.69) is 14.9 Å². The third kappa shape index (κ3) is 6.91. The lowest BCUT2D eigenvalue weighted by atomic mass is 10.2. The fourth-order valence-corrected chi connectivity index (χ4v) is 3.35. The van der Waals surface area contributed by atoms with Crippen molar-refractivity contribution in [2.24, 2.45) is 0 Å². The summed E-state index contributed by atoms with van der Waals surface area (Å²) < 4.78 is 40.1. The third-order valence-electron chi connectivity index (χ3n) is 3.61. The van der Waals surface area contributed by atoms with E-state index in [9.17, 15) is 12.8 Å². The molecule has 5 nitrogen and oxygen atoms in total. The molecule has 0 radical (unpaired) electrons. The summed E-state index contributed by atoms with van der Waals surface area (Å²) in [5.74, 6) is -0.501. The van der Waals surface area contributed by atoms with Crippen LogP contribution in [0.5, 0.6) is 0 Å². The van der Waals surface area contributed by atoms with Crippen LogP contribution in [0.15, 0.2) is 23.1 Å². The fourth-order valence-electron chi connectivity index (χ4n) is 2.27. The molecule has 0 unspecified atom stereocenters. The Morgan fingerprint density at radius 1 is 1.26 bits per heavy atom. The Balaban J connectivity index is 0.00000242. The molecule has 0 spiro atoms. The van der Waals surface area contributed by atoms with Crippen molar-refractivity contribution in [3.8, 4) is 0 Å². The van der Waals surface area contributed by atoms with Crippen molar-refractivity contribution >= 4 is 34.8 Å². The van der Waals surface area contributed by atoms with Crippen LogP contribution < -0.4 is 10.0 Å². The highest BCUT2D eigenvalue weighted by Gasteiger charge is 2.15. The van der Waals surface area contributed by atoms with Crippen LogP contribution in [0.4, 0.5) is 4.39 Å². The second kappa shape index (κ2) is 10.4. The van der Waals surface area contributed by atoms with Gasteiger partial charge in [-0.15, -0.1) is 24.8 Å². The van der Waals surface area contributed by atoms with E-state index in [1.807, 2.05) is 0 Å². The van der Waals surface area contributed by atoms with E-state index in [0.29, 0.717) is 12.1 Å². The van der Waals surface area contributed by atoms with Crippen molar-refractivity contribution in [1.82, 2.24) is 14.9 Å². The lowest BCUT2D eigenvalue weighted by Gasteiger charge is -2.27. The molecule has 2 rings (SSSR count). The second-order valence-electron chi connectivity index (χ2n) is 5.25. The topological polar surface area (TPSA) is 61.4 Å². The number of rotatable bonds is 6. The standard InChI is InChI=1S/C14H22FN3O2S.2ClH/c1-12-3-4-13(11-14(12)15)21(19,20)17-5-2-8-18-9-6-16-7-10-18;;/h3-4,11,16-17H,2,5-10H2,1H3;2*1H. The number of benzene rings is 1. The Morgan fingerprint density at radius 3 is 2.52 bits per heavy atom. The van der Waals surface area contributed by atoms with Crippen LogP contribution in [0.2, 0.25) is 0 Å². The first kappa shape index (κ1) is 22.6. The number of nitrogens with zero attached hydrogens (tertiary/aromatic N) is 1. The normalized spacial score (nSPS) is 15.6. The molecule has 1 aromatic carbocycles. The van der Waals surface area contributed by atoms with Gasteiger partial charge in [-0.2, -0.15) is 0 Å². The van der Waals surface area contributed by atoms with Crippen molar-refractivity contribution in [1.29, 1.82) is 0 Å². The number of hydrogen-bond donors (Lipinski definition) is 2. The summed E-state index contributed by atoms with van der Waals surface area (Å²) in [6.45, 7) is 6.79. The predicted octanol–water partition coefficient (Wildman–Crippen LogP) is 1.55. The van der Waals surface area contributed by atoms with Crippen molar-refractivity contribution in [3.63, 3.8) is 0 Å². The van der Waals surface area contributed by atoms with Gasteiger partial charge < -0.3 is 10.2 Å². The van der Waals surface area contributed by atoms with Gasteiger partial charge in [0.25, 0.3) is 0 Å². The van der Waals surface area contributed by atoms with E-state index >= 15 is 0 Å². The number of halogens is 3. The number of piperazine rings is 1. The number of hydrogen-bond acceptors (Lipinski definition) is 4. The Morgan fingerprint density at radius 2 is 1.91 bits per heavy atom. The average Bonchev–Trinajstić information content (AvgIpc) is 2.47. The summed E-state index contributed by atoms with van der Waals surface area (Å²) in [4.78, 5) is 2.28. The molecule has 0 atom stereocenters. The summed E-state index contributed by atoms with van der Waals surface area (Å²) in [6.07, 6.45) is 0.744. The zero-order valence-electron chi connectivity index (χ0n) is 13.0. The Bertz CT molecular complexity index is 581. The Kier molecular flexibility index (Phi) is 10.2. The van der Waals surface area contributed by atoms with Crippen LogP contribution in [0.25, 0.3) is 0 Å². The molecule has 1 saturated heterocycles. The molecule has 1 aromatic rings. The van der Waals surface area contributed by atoms with E-state index in [1.165, 1.54) is 12.1 Å². The van der Waals surface area contributed by atoms with Crippen molar-refractivity contribution in [3.05, 3.63) is 29.6 Å². The highest BCUT2D eigenvalue weighted by Crippen LogP contribution is 2.13. The molecule has 9 heteroatoms. The predicted molar refractivity (Wildman–Crippen MR) is 94.7 cm³/mol. The lowest BCUT2D eigenvalue weighted by Crippen LogP contribution is -2.44. The molecule has 0 aliphatic carbocycles. The van der Waals surface area contributed by atoms with Gasteiger partial charge in [0.05, 0.1) is 4.90 Å². The molecular formula is C14H24Cl2FN3O2S. The molecule has 1 heterocycles. The molecule has 0 amide bonds. The zero-order valence-corrected chi connectivity index (χ0v) is 15.5. The first-order chi connectivity index (χ1) is 9.99. The third-order valence-corrected chi connectivity index (χ3v) is 5.07. The molecular weight excluding hydrogens is 364 g/mol. The van der Waals surface area contributed by atoms with Gasteiger partial charge in [-0.05, 0) is 37.6 Å². The molecule has 23 heavy (non-hydrogen) atoms. The average molecular weight is 388 g/mol. The van der Waals surface area contributed by atoms with Gasteiger partial charge in [-0.3, -0.25) is 0 Å². The zero-order chi connectivity index (χ0) is 15.3. The van der Waals surface area contributed by atoms with E-state index in [1.54, 1.807) is 6.92 Å². The van der Waals surface area contributed by atoms with Gasteiger partial charge in [-0.25, -0.2) is 17.5 Å². The Labute approximate surface area is 149 Å². The van der Waals surface area contributed by atoms with Crippen LogP contribution in [-0.2, 0) is 10.0 Å². The van der Waals surface area contributed by atoms with Crippen LogP contribution in [0.1, 0.15) is 12.0 Å². The highest BCUT2D eigenvalue weighted by molar-refractivity contribution is 7.89. The number of sulfonamides is 1. The molecule has 1 fully saturated rings. The second-order valence-corrected chi connectivity index (χ2v) is 7.02. The van der Waals surface area contributed by atoms with Gasteiger partial charge in [0.1, 0.15) is 5.82 Å². The Hall–Kier alpha value is -0.440. The maximum Gasteiger partial charge on any atom is 0.240 e.